The zero-order chi connectivity index (χ0) is 17.3. The minimum Gasteiger partial charge on any atom is -0.358 e. The Hall–Kier alpha value is -1.18. The van der Waals surface area contributed by atoms with Crippen LogP contribution in [0, 0.1) is 19.6 Å². The summed E-state index contributed by atoms with van der Waals surface area (Å²) in [6.45, 7) is 0. The van der Waals surface area contributed by atoms with Gasteiger partial charge in [-0.05, 0) is 6.42 Å². The molecular weight excluding hydrogens is 490 g/mol. The third-order valence-electron chi connectivity index (χ3n) is 4.05. The molecule has 0 aliphatic heterocycles. The molecule has 3 aromatic carbocycles. The van der Waals surface area contributed by atoms with E-state index in [2.05, 4.69) is 66.7 Å². The first kappa shape index (κ1) is 30.0. The van der Waals surface area contributed by atoms with Gasteiger partial charge in [0.1, 0.15) is 0 Å². The van der Waals surface area contributed by atoms with Crippen LogP contribution in [0.15, 0.2) is 91.0 Å². The van der Waals surface area contributed by atoms with E-state index in [1.54, 1.807) is 0 Å². The Kier molecular flexibility index (Phi) is 17.2. The van der Waals surface area contributed by atoms with Crippen molar-refractivity contribution >= 4 is 40.2 Å². The Morgan fingerprint density at radius 1 is 0.793 bits per heavy atom. The van der Waals surface area contributed by atoms with Crippen LogP contribution >= 0.6 is 24.8 Å². The summed E-state index contributed by atoms with van der Waals surface area (Å²) < 4.78 is 0. The summed E-state index contributed by atoms with van der Waals surface area (Å²) >= 11 is 0. The van der Waals surface area contributed by atoms with E-state index < -0.39 is 0 Å². The van der Waals surface area contributed by atoms with Gasteiger partial charge in [0, 0.05) is 10.2 Å². The maximum atomic E-state index is 3.30. The molecule has 4 heteroatoms. The van der Waals surface area contributed by atoms with E-state index in [9.17, 15) is 0 Å². The van der Waals surface area contributed by atoms with E-state index >= 15 is 0 Å². The van der Waals surface area contributed by atoms with Gasteiger partial charge >= 0.3 is 26.2 Å². The van der Waals surface area contributed by atoms with Gasteiger partial charge < -0.3 is 7.43 Å². The fourth-order valence-corrected chi connectivity index (χ4v) is 3.09. The van der Waals surface area contributed by atoms with Crippen molar-refractivity contribution < 1.29 is 26.2 Å². The molecular formula is C25H26Cl2SiZr. The summed E-state index contributed by atoms with van der Waals surface area (Å²) in [6.07, 6.45) is 11.0. The third-order valence-corrected chi connectivity index (χ3v) is 4.52. The van der Waals surface area contributed by atoms with Gasteiger partial charge in [-0.15, -0.1) is 36.8 Å². The molecule has 0 heterocycles. The molecule has 0 fully saturated rings. The SMILES string of the molecule is Cl.Cl.[C-]1=CC=CC1.[CH3-].[SiH2]c1ccccc1.[Zr+3].[c-]1cccc2c1Cc1ccccc1-2. The molecule has 0 N–H and O–H groups in total. The minimum absolute atomic E-state index is 0. The molecule has 3 aromatic rings. The van der Waals surface area contributed by atoms with Gasteiger partial charge in [0.2, 0.25) is 0 Å². The summed E-state index contributed by atoms with van der Waals surface area (Å²) in [5.74, 6) is 0. The van der Waals surface area contributed by atoms with Gasteiger partial charge in [0.25, 0.3) is 0 Å². The maximum Gasteiger partial charge on any atom is 3.00 e. The second-order valence-electron chi connectivity index (χ2n) is 5.88. The smallest absolute Gasteiger partial charge is 0.358 e. The molecule has 5 rings (SSSR count). The summed E-state index contributed by atoms with van der Waals surface area (Å²) in [5, 5.41) is 1.35. The first-order valence-corrected chi connectivity index (χ1v) is 9.22. The van der Waals surface area contributed by atoms with Gasteiger partial charge in [-0.2, -0.15) is 35.9 Å². The van der Waals surface area contributed by atoms with Crippen LogP contribution in [-0.4, -0.2) is 10.2 Å². The van der Waals surface area contributed by atoms with E-state index in [1.165, 1.54) is 27.4 Å². The number of rotatable bonds is 0. The summed E-state index contributed by atoms with van der Waals surface area (Å²) in [5.41, 5.74) is 5.51. The Bertz CT molecular complexity index is 823. The topological polar surface area (TPSA) is 0 Å². The quantitative estimate of drug-likeness (QED) is 0.211. The van der Waals surface area contributed by atoms with Crippen LogP contribution in [-0.2, 0) is 32.6 Å². The van der Waals surface area contributed by atoms with Crippen molar-refractivity contribution in [1.29, 1.82) is 0 Å². The Morgan fingerprint density at radius 2 is 1.45 bits per heavy atom. The molecule has 0 saturated heterocycles. The molecule has 0 unspecified atom stereocenters. The van der Waals surface area contributed by atoms with Crippen LogP contribution < -0.4 is 5.19 Å². The average Bonchev–Trinajstić information content (AvgIpc) is 3.34. The number of benzene rings is 3. The standard InChI is InChI=1S/C13H9.C6H7Si.C5H5.CH3.2ClH.Zr/c1-3-7-12-10(5-1)9-11-6-2-4-8-13(11)12;7-6-4-2-1-3-5-6;1-2-4-5-3-1;;;;/h1-5,7-8H,9H2;1-5H,7H2;1-3H,4H2;1H3;2*1H;/q-1;;2*-1;;;+3. The van der Waals surface area contributed by atoms with Crippen molar-refractivity contribution in [2.45, 2.75) is 12.8 Å². The number of allylic oxidation sites excluding steroid dienone is 4. The molecule has 0 saturated carbocycles. The second-order valence-corrected chi connectivity index (χ2v) is 6.70. The molecule has 2 aliphatic rings. The third kappa shape index (κ3) is 9.45. The largest absolute Gasteiger partial charge is 3.00 e. The monoisotopic (exact) mass is 514 g/mol. The molecule has 148 valence electrons. The molecule has 0 amide bonds. The van der Waals surface area contributed by atoms with Crippen LogP contribution in [0.3, 0.4) is 0 Å². The predicted octanol–water partition coefficient (Wildman–Crippen LogP) is 5.60. The van der Waals surface area contributed by atoms with E-state index in [-0.39, 0.29) is 58.4 Å². The number of fused-ring (bicyclic) bond motifs is 3. The second kappa shape index (κ2) is 16.6. The van der Waals surface area contributed by atoms with Crippen LogP contribution in [0.25, 0.3) is 11.1 Å². The fourth-order valence-electron chi connectivity index (χ4n) is 2.82. The van der Waals surface area contributed by atoms with Gasteiger partial charge in [0.05, 0.1) is 0 Å². The molecule has 0 nitrogen and oxygen atoms in total. The molecule has 2 aliphatic carbocycles. The molecule has 2 radical (unpaired) electrons. The summed E-state index contributed by atoms with van der Waals surface area (Å²) in [7, 11) is 1.90. The minimum atomic E-state index is 0. The molecule has 0 aromatic heterocycles. The summed E-state index contributed by atoms with van der Waals surface area (Å²) in [6, 6.07) is 28.4. The van der Waals surface area contributed by atoms with E-state index in [1.807, 2.05) is 46.7 Å². The van der Waals surface area contributed by atoms with Gasteiger partial charge in [-0.25, -0.2) is 12.2 Å². The normalized spacial score (nSPS) is 10.7. The van der Waals surface area contributed by atoms with Crippen molar-refractivity contribution in [3.05, 3.63) is 122 Å². The van der Waals surface area contributed by atoms with Crippen molar-refractivity contribution in [1.82, 2.24) is 0 Å². The molecule has 29 heavy (non-hydrogen) atoms. The van der Waals surface area contributed by atoms with Crippen LogP contribution in [0.1, 0.15) is 17.5 Å². The molecule has 0 spiro atoms. The average molecular weight is 517 g/mol. The zero-order valence-corrected chi connectivity index (χ0v) is 22.1. The van der Waals surface area contributed by atoms with E-state index in [4.69, 9.17) is 0 Å². The fraction of sp³-hybridized carbons (Fsp3) is 0.0800. The van der Waals surface area contributed by atoms with Gasteiger partial charge in [-0.3, -0.25) is 6.08 Å². The van der Waals surface area contributed by atoms with Gasteiger partial charge in [0.15, 0.2) is 0 Å². The predicted molar refractivity (Wildman–Crippen MR) is 131 cm³/mol. The number of hydrogen-bond donors (Lipinski definition) is 0. The van der Waals surface area contributed by atoms with Crippen molar-refractivity contribution in [3.8, 4) is 11.1 Å². The van der Waals surface area contributed by atoms with Crippen molar-refractivity contribution in [2.75, 3.05) is 0 Å². The first-order valence-electron chi connectivity index (χ1n) is 8.51. The summed E-state index contributed by atoms with van der Waals surface area (Å²) in [4.78, 5) is 0. The Morgan fingerprint density at radius 3 is 2.00 bits per heavy atom. The van der Waals surface area contributed by atoms with Crippen LogP contribution in [0.5, 0.6) is 0 Å². The van der Waals surface area contributed by atoms with Crippen LogP contribution in [0.4, 0.5) is 0 Å². The van der Waals surface area contributed by atoms with Crippen LogP contribution in [0.2, 0.25) is 0 Å². The molecule has 0 atom stereocenters. The van der Waals surface area contributed by atoms with Crippen molar-refractivity contribution in [3.63, 3.8) is 0 Å². The molecule has 0 bridgehead atoms. The Balaban J connectivity index is 0. The maximum absolute atomic E-state index is 3.30. The Labute approximate surface area is 210 Å². The number of halogens is 2. The van der Waals surface area contributed by atoms with Gasteiger partial charge in [-0.1, -0.05) is 70.9 Å². The van der Waals surface area contributed by atoms with E-state index in [0.29, 0.717) is 0 Å². The zero-order valence-electron chi connectivity index (χ0n) is 16.6. The first-order chi connectivity index (χ1) is 12.3. The number of hydrogen-bond acceptors (Lipinski definition) is 0. The van der Waals surface area contributed by atoms with E-state index in [0.717, 1.165) is 12.8 Å². The van der Waals surface area contributed by atoms with Crippen molar-refractivity contribution in [2.24, 2.45) is 0 Å².